The van der Waals surface area contributed by atoms with Crippen molar-refractivity contribution in [2.45, 2.75) is 88.1 Å². The molecule has 0 radical (unpaired) electrons. The maximum atomic E-state index is 12.8. The Labute approximate surface area is 728 Å². The van der Waals surface area contributed by atoms with Crippen LogP contribution in [-0.4, -0.2) is 264 Å². The second-order valence-corrected chi connectivity index (χ2v) is 26.3. The minimum absolute atomic E-state index is 0.0278. The summed E-state index contributed by atoms with van der Waals surface area (Å²) >= 11 is -0.0278. The number of epoxide rings is 1. The second kappa shape index (κ2) is 67.4. The van der Waals surface area contributed by atoms with E-state index in [0.29, 0.717) is 0 Å². The number of ketones is 1. The summed E-state index contributed by atoms with van der Waals surface area (Å²) in [7, 11) is -56.7. The largest absolute Gasteiger partial charge is 0.495 e. The van der Waals surface area contributed by atoms with Gasteiger partial charge < -0.3 is 9.47 Å². The van der Waals surface area contributed by atoms with E-state index in [1.807, 2.05) is 0 Å². The Morgan fingerprint density at radius 2 is 0.460 bits per heavy atom. The van der Waals surface area contributed by atoms with Crippen molar-refractivity contribution < 1.29 is 398 Å². The number of hydrogen-bond donors (Lipinski definition) is 0. The predicted molar refractivity (Wildman–Crippen MR) is 306 cm³/mol. The first-order valence-corrected chi connectivity index (χ1v) is 39.3. The summed E-state index contributed by atoms with van der Waals surface area (Å²) < 4.78 is 888. The number of halogens is 64. The normalized spacial score (nSPS) is 14.4. The van der Waals surface area contributed by atoms with E-state index in [0.717, 1.165) is 0 Å². The summed E-state index contributed by atoms with van der Waals surface area (Å²) in [5.74, 6) is -27.1. The molecule has 0 bridgehead atoms. The topological polar surface area (TPSA) is 461 Å². The molecule has 137 heavy (non-hydrogen) atoms. The lowest BCUT2D eigenvalue weighted by Crippen LogP contribution is -2.58. The molecule has 0 aromatic heterocycles. The smallest absolute Gasteiger partial charge is 0.396 e. The molecule has 1 aliphatic rings. The fourth-order valence-corrected chi connectivity index (χ4v) is 2.47. The molecule has 0 spiro atoms. The fourth-order valence-electron chi connectivity index (χ4n) is 2.36. The summed E-state index contributed by atoms with van der Waals surface area (Å²) in [4.78, 5) is 28.7. The maximum Gasteiger partial charge on any atom is 0.495 e. The molecule has 0 N–H and O–H groups in total. The molecule has 30 nitrogen and oxygen atoms in total. The van der Waals surface area contributed by atoms with E-state index < -0.39 is 310 Å². The maximum absolute atomic E-state index is 12.8. The van der Waals surface area contributed by atoms with Crippen molar-refractivity contribution in [2.24, 2.45) is 0 Å². The Morgan fingerprint density at radius 1 is 0.292 bits per heavy atom. The van der Waals surface area contributed by atoms with Gasteiger partial charge in [0.1, 0.15) is 6.61 Å². The summed E-state index contributed by atoms with van der Waals surface area (Å²) in [5.41, 5.74) is 0. The average Bonchev–Trinajstić information content (AvgIpc) is 1.74. The van der Waals surface area contributed by atoms with Gasteiger partial charge in [0.2, 0.25) is 6.29 Å². The quantitative estimate of drug-likeness (QED) is 0.0140. The highest BCUT2D eigenvalue weighted by molar-refractivity contribution is 14.1. The van der Waals surface area contributed by atoms with Crippen molar-refractivity contribution in [1.29, 1.82) is 0 Å². The second-order valence-electron chi connectivity index (χ2n) is 17.4. The monoisotopic (exact) mass is 2540 g/mol. The lowest BCUT2D eigenvalue weighted by atomic mass is 10.3. The van der Waals surface area contributed by atoms with E-state index >= 15 is 0 Å². The van der Waals surface area contributed by atoms with Crippen LogP contribution in [0, 0.1) is 0 Å². The van der Waals surface area contributed by atoms with Crippen LogP contribution in [0.2, 0.25) is 0 Å². The van der Waals surface area contributed by atoms with Crippen LogP contribution in [0.25, 0.3) is 0 Å². The van der Waals surface area contributed by atoms with E-state index in [2.05, 4.69) is 33.2 Å². The first-order chi connectivity index (χ1) is 58.4. The highest BCUT2D eigenvalue weighted by Gasteiger charge is 2.72. The van der Waals surface area contributed by atoms with Crippen LogP contribution in [0.15, 0.2) is 24.3 Å². The molecule has 844 valence electrons. The lowest BCUT2D eigenvalue weighted by Gasteiger charge is -2.33. The van der Waals surface area contributed by atoms with Gasteiger partial charge in [-0.25, -0.2) is 61.5 Å². The van der Waals surface area contributed by atoms with Crippen LogP contribution in [0.3, 0.4) is 0 Å². The standard InChI is InChI=1S/C8H5F11O3.C7H4F10O2.C5H4F7IO.C5H5F5O2.C3H2F4O.C3H4F2O.C2F4.10F2O2S/c9-1-4(11,2-10)21-7(16,17)8(18,19)22-5(12,3-20)6(13,14)15;8-1-5(13,2-9)19-7(16,17)6(14,15)18-4(12)3(10)11;6-1-3(8,2-7)14-5(11,12)4(9,10)13;6-1-4(8,2-7)12-5(9,10)3-11;4-2(1-8-2)3(5,6)7;4-1-3(6)2-5;3-1(4)2(5)6;10*1-5(2,3)4/h3H,1-2H2;1-2H2;1-2H2;3H,1-2H2;1H2;1-2H2;;;;;;;;;;;. The molecule has 2 atom stereocenters. The van der Waals surface area contributed by atoms with Crippen LogP contribution in [0.5, 0.6) is 0 Å². The van der Waals surface area contributed by atoms with Gasteiger partial charge in [0, 0.05) is 22.6 Å². The highest BCUT2D eigenvalue weighted by atomic mass is 127. The zero-order valence-corrected chi connectivity index (χ0v) is 69.8. The molecular weight excluding hydrogens is 2520 g/mol. The Morgan fingerprint density at radius 3 is 0.569 bits per heavy atom. The van der Waals surface area contributed by atoms with Gasteiger partial charge in [-0.3, -0.25) is 38.1 Å². The number of carbonyl (C=O) groups is 3. The molecule has 0 aliphatic carbocycles. The van der Waals surface area contributed by atoms with Gasteiger partial charge in [0.15, 0.2) is 78.8 Å². The van der Waals surface area contributed by atoms with Crippen molar-refractivity contribution in [2.75, 3.05) is 73.4 Å². The van der Waals surface area contributed by atoms with Gasteiger partial charge in [-0.1, -0.05) is 77.7 Å². The lowest BCUT2D eigenvalue weighted by molar-refractivity contribution is -0.499. The molecular formula is C33H24F63IO30S10. The van der Waals surface area contributed by atoms with E-state index in [9.17, 15) is 281 Å². The minimum Gasteiger partial charge on any atom is -0.396 e. The van der Waals surface area contributed by atoms with Crippen molar-refractivity contribution in [3.63, 3.8) is 0 Å². The third kappa shape index (κ3) is 145. The molecule has 2 unspecified atom stereocenters. The third-order valence-electron chi connectivity index (χ3n) is 6.44. The molecule has 1 rings (SSSR count). The number of ether oxygens (including phenoxy) is 7. The van der Waals surface area contributed by atoms with Gasteiger partial charge in [-0.15, -0.1) is 0 Å². The van der Waals surface area contributed by atoms with Crippen LogP contribution < -0.4 is 0 Å². The van der Waals surface area contributed by atoms with Crippen LogP contribution in [0.4, 0.5) is 267 Å². The molecule has 0 saturated carbocycles. The summed E-state index contributed by atoms with van der Waals surface area (Å²) in [6, 6.07) is -3.39. The van der Waals surface area contributed by atoms with Crippen molar-refractivity contribution in [3.05, 3.63) is 24.3 Å². The Bertz CT molecular complexity index is 4060. The molecule has 1 saturated heterocycles. The SMILES string of the molecule is FC(F)(F)C1(F)CO1.FC(F)=C(F)F.FCC(F)(CF)OC(F)(F)C(F)(F)I.FCC(F)(CF)OC(F)(F)C(F)(F)OC(F)=C(F)F.O=C(CF)CF.O=CC(F)(F)OC(F)(CF)CF.O=CC(F)(OC(F)(F)C(F)(F)OC(F)(CF)CF)C(F)(F)F.O=S(=O)(F)F.O=S(=O)(F)F.O=S(=O)(F)F.O=S(=O)(F)F.O=S(=O)(F)F.O=S(=O)(F)F.O=S(=O)(F)F.O=S(=O)(F)F.O=S(=O)(F)F.O=S(=O)(F)F. The van der Waals surface area contributed by atoms with Crippen molar-refractivity contribution in [3.8, 4) is 0 Å². The van der Waals surface area contributed by atoms with Crippen LogP contribution >= 0.6 is 22.6 Å². The number of alkyl halides is 37. The molecule has 1 fully saturated rings. The molecule has 0 aromatic carbocycles. The van der Waals surface area contributed by atoms with E-state index in [1.54, 1.807) is 0 Å². The molecule has 0 amide bonds. The zero-order chi connectivity index (χ0) is 117. The van der Waals surface area contributed by atoms with Gasteiger partial charge >= 0.3 is 195 Å². The first-order valence-electron chi connectivity index (χ1n) is 25.4. The predicted octanol–water partition coefficient (Wildman–Crippen LogP) is 17.1. The Hall–Kier alpha value is -6.13. The first kappa shape index (κ1) is 167. The Balaban J connectivity index is -0.0000000839. The number of rotatable bonds is 27. The fraction of sp³-hybridized carbons (Fsp3) is 0.788. The van der Waals surface area contributed by atoms with Gasteiger partial charge in [-0.05, 0) is 0 Å². The Kier molecular flexibility index (Phi) is 82.3. The zero-order valence-electron chi connectivity index (χ0n) is 59.5. The summed E-state index contributed by atoms with van der Waals surface area (Å²) in [5, 5.41) is 0. The molecule has 0 aromatic rings. The third-order valence-corrected chi connectivity index (χ3v) is 7.06. The van der Waals surface area contributed by atoms with Crippen molar-refractivity contribution in [1.82, 2.24) is 0 Å². The molecule has 1 aliphatic heterocycles. The number of carbonyl (C=O) groups excluding carboxylic acids is 3. The number of aldehydes is 2. The summed E-state index contributed by atoms with van der Waals surface area (Å²) in [6.07, 6.45) is -58.8. The van der Waals surface area contributed by atoms with Crippen LogP contribution in [-0.2, 0) is 154 Å². The van der Waals surface area contributed by atoms with Gasteiger partial charge in [0.25, 0.3) is 23.4 Å². The number of hydrogen-bond acceptors (Lipinski definition) is 30. The van der Waals surface area contributed by atoms with Gasteiger partial charge in [0.05, 0.1) is 0 Å². The van der Waals surface area contributed by atoms with Crippen molar-refractivity contribution >= 4 is 147 Å². The molecule has 1 heterocycles. The summed E-state index contributed by atoms with van der Waals surface area (Å²) in [6.45, 7) is -22.6. The molecule has 104 heteroatoms. The van der Waals surface area contributed by atoms with Crippen LogP contribution in [0.1, 0.15) is 0 Å². The average molecular weight is 2540 g/mol. The number of Topliss-reactive ketones (excluding diaryl/α,β-unsaturated/α-hetero) is 1. The minimum atomic E-state index is -6.61. The van der Waals surface area contributed by atoms with E-state index in [1.165, 1.54) is 0 Å². The van der Waals surface area contributed by atoms with Gasteiger partial charge in [-0.2, -0.15) is 212 Å². The highest BCUT2D eigenvalue weighted by Crippen LogP contribution is 2.48. The van der Waals surface area contributed by atoms with E-state index in [-0.39, 0.29) is 22.6 Å². The van der Waals surface area contributed by atoms with E-state index in [4.69, 9.17) is 84.2 Å².